The lowest BCUT2D eigenvalue weighted by Gasteiger charge is -2.23. The molecule has 6 heteroatoms. The number of halogens is 2. The van der Waals surface area contributed by atoms with Crippen LogP contribution in [0, 0.1) is 6.08 Å². The van der Waals surface area contributed by atoms with Crippen LogP contribution in [0.15, 0.2) is 46.3 Å². The zero-order chi connectivity index (χ0) is 15.7. The number of alkyl halides is 1. The molecule has 1 radical (unpaired) electrons. The van der Waals surface area contributed by atoms with Gasteiger partial charge in [-0.2, -0.15) is 4.31 Å². The molecule has 0 aromatic heterocycles. The SMILES string of the molecule is O=S(=O)(c1ccc(C2C(Cl)=C[C]=CC2Cl)cc1)N1CCCC1. The Morgan fingerprint density at radius 2 is 1.77 bits per heavy atom. The lowest BCUT2D eigenvalue weighted by molar-refractivity contribution is 0.477. The number of hydrogen-bond acceptors (Lipinski definition) is 2. The third-order valence-corrected chi connectivity index (χ3v) is 6.67. The Morgan fingerprint density at radius 3 is 2.36 bits per heavy atom. The van der Waals surface area contributed by atoms with Gasteiger partial charge in [0.15, 0.2) is 0 Å². The zero-order valence-electron chi connectivity index (χ0n) is 11.9. The first-order chi connectivity index (χ1) is 10.5. The van der Waals surface area contributed by atoms with E-state index >= 15 is 0 Å². The van der Waals surface area contributed by atoms with E-state index in [2.05, 4.69) is 6.08 Å². The van der Waals surface area contributed by atoms with E-state index in [1.807, 2.05) is 0 Å². The standard InChI is InChI=1S/C16H16Cl2NO2S/c17-14-4-3-5-15(18)16(14)12-6-8-13(9-7-12)22(20,21)19-10-1-2-11-19/h4-9,14,16H,1-2,10-11H2. The highest BCUT2D eigenvalue weighted by Gasteiger charge is 2.28. The van der Waals surface area contributed by atoms with Crippen LogP contribution in [0.3, 0.4) is 0 Å². The molecule has 2 atom stereocenters. The quantitative estimate of drug-likeness (QED) is 0.775. The summed E-state index contributed by atoms with van der Waals surface area (Å²) >= 11 is 12.5. The molecular formula is C16H16Cl2NO2S. The van der Waals surface area contributed by atoms with Crippen molar-refractivity contribution in [3.63, 3.8) is 0 Å². The van der Waals surface area contributed by atoms with Gasteiger partial charge in [-0.1, -0.05) is 29.8 Å². The summed E-state index contributed by atoms with van der Waals surface area (Å²) in [5.74, 6) is -0.159. The van der Waals surface area contributed by atoms with E-state index in [1.165, 1.54) is 4.31 Å². The third kappa shape index (κ3) is 2.98. The maximum absolute atomic E-state index is 12.5. The molecule has 0 N–H and O–H groups in total. The first kappa shape index (κ1) is 16.1. The molecule has 3 rings (SSSR count). The molecule has 2 unspecified atom stereocenters. The van der Waals surface area contributed by atoms with Gasteiger partial charge in [0.1, 0.15) is 0 Å². The Hall–Kier alpha value is -0.810. The van der Waals surface area contributed by atoms with Crippen LogP contribution in [0.2, 0.25) is 0 Å². The summed E-state index contributed by atoms with van der Waals surface area (Å²) in [5, 5.41) is 0.330. The van der Waals surface area contributed by atoms with Gasteiger partial charge in [0.2, 0.25) is 10.0 Å². The van der Waals surface area contributed by atoms with Gasteiger partial charge in [-0.05, 0) is 42.7 Å². The average Bonchev–Trinajstić information content (AvgIpc) is 3.02. The first-order valence-corrected chi connectivity index (χ1v) is 9.45. The third-order valence-electron chi connectivity index (χ3n) is 4.03. The molecule has 0 amide bonds. The molecule has 1 fully saturated rings. The van der Waals surface area contributed by atoms with E-state index in [9.17, 15) is 8.42 Å². The largest absolute Gasteiger partial charge is 0.243 e. The topological polar surface area (TPSA) is 37.4 Å². The number of rotatable bonds is 3. The fraction of sp³-hybridized carbons (Fsp3) is 0.375. The molecule has 1 aliphatic carbocycles. The second-order valence-corrected chi connectivity index (χ2v) is 8.34. The fourth-order valence-corrected chi connectivity index (χ4v) is 5.09. The summed E-state index contributed by atoms with van der Waals surface area (Å²) in [7, 11) is -3.38. The Balaban J connectivity index is 1.87. The van der Waals surface area contributed by atoms with Crippen LogP contribution in [0.4, 0.5) is 0 Å². The van der Waals surface area contributed by atoms with Crippen molar-refractivity contribution in [3.05, 3.63) is 53.1 Å². The minimum Gasteiger partial charge on any atom is -0.207 e. The predicted molar refractivity (Wildman–Crippen MR) is 88.6 cm³/mol. The van der Waals surface area contributed by atoms with Crippen molar-refractivity contribution in [2.24, 2.45) is 0 Å². The number of benzene rings is 1. The summed E-state index contributed by atoms with van der Waals surface area (Å²) < 4.78 is 26.5. The van der Waals surface area contributed by atoms with Crippen molar-refractivity contribution in [2.75, 3.05) is 13.1 Å². The zero-order valence-corrected chi connectivity index (χ0v) is 14.2. The predicted octanol–water partition coefficient (Wildman–Crippen LogP) is 3.66. The van der Waals surface area contributed by atoms with Gasteiger partial charge in [0.25, 0.3) is 0 Å². The summed E-state index contributed by atoms with van der Waals surface area (Å²) in [4.78, 5) is 0.322. The van der Waals surface area contributed by atoms with E-state index in [-0.39, 0.29) is 11.3 Å². The second-order valence-electron chi connectivity index (χ2n) is 5.46. The van der Waals surface area contributed by atoms with Crippen LogP contribution in [0.1, 0.15) is 24.3 Å². The summed E-state index contributed by atoms with van der Waals surface area (Å²) in [6, 6.07) is 6.86. The highest BCUT2D eigenvalue weighted by molar-refractivity contribution is 7.89. The molecule has 0 spiro atoms. The van der Waals surface area contributed by atoms with Gasteiger partial charge in [0, 0.05) is 24.0 Å². The van der Waals surface area contributed by atoms with Crippen LogP contribution < -0.4 is 0 Å². The van der Waals surface area contributed by atoms with E-state index in [1.54, 1.807) is 36.4 Å². The van der Waals surface area contributed by atoms with Crippen molar-refractivity contribution in [1.82, 2.24) is 4.31 Å². The lowest BCUT2D eigenvalue weighted by Crippen LogP contribution is -2.27. The fourth-order valence-electron chi connectivity index (χ4n) is 2.83. The normalized spacial score (nSPS) is 26.2. The van der Waals surface area contributed by atoms with Gasteiger partial charge in [-0.3, -0.25) is 0 Å². The second kappa shape index (κ2) is 6.36. The van der Waals surface area contributed by atoms with Crippen molar-refractivity contribution in [3.8, 4) is 0 Å². The van der Waals surface area contributed by atoms with Crippen molar-refractivity contribution in [1.29, 1.82) is 0 Å². The molecule has 3 nitrogen and oxygen atoms in total. The van der Waals surface area contributed by atoms with Gasteiger partial charge in [0.05, 0.1) is 10.3 Å². The molecule has 0 bridgehead atoms. The van der Waals surface area contributed by atoms with Crippen LogP contribution in [0.25, 0.3) is 0 Å². The molecule has 1 aromatic rings. The number of hydrogen-bond donors (Lipinski definition) is 0. The number of allylic oxidation sites excluding steroid dienone is 4. The Kier molecular flexibility index (Phi) is 4.64. The Labute approximate surface area is 141 Å². The van der Waals surface area contributed by atoms with Crippen LogP contribution in [-0.4, -0.2) is 31.2 Å². The summed E-state index contributed by atoms with van der Waals surface area (Å²) in [5.41, 5.74) is 0.902. The highest BCUT2D eigenvalue weighted by Crippen LogP contribution is 2.37. The minimum absolute atomic E-state index is 0.159. The maximum Gasteiger partial charge on any atom is 0.243 e. The minimum atomic E-state index is -3.38. The molecular weight excluding hydrogens is 341 g/mol. The summed E-state index contributed by atoms with van der Waals surface area (Å²) in [6.07, 6.45) is 8.21. The smallest absolute Gasteiger partial charge is 0.207 e. The molecule has 2 aliphatic rings. The lowest BCUT2D eigenvalue weighted by atomic mass is 9.92. The van der Waals surface area contributed by atoms with Gasteiger partial charge < -0.3 is 0 Å². The van der Waals surface area contributed by atoms with E-state index < -0.39 is 10.0 Å². The van der Waals surface area contributed by atoms with Crippen molar-refractivity contribution < 1.29 is 8.42 Å². The molecule has 117 valence electrons. The molecule has 1 saturated heterocycles. The molecule has 1 aliphatic heterocycles. The van der Waals surface area contributed by atoms with E-state index in [0.29, 0.717) is 23.0 Å². The molecule has 22 heavy (non-hydrogen) atoms. The van der Waals surface area contributed by atoms with E-state index in [4.69, 9.17) is 23.2 Å². The highest BCUT2D eigenvalue weighted by atomic mass is 35.5. The van der Waals surface area contributed by atoms with Crippen molar-refractivity contribution >= 4 is 33.2 Å². The first-order valence-electron chi connectivity index (χ1n) is 7.19. The van der Waals surface area contributed by atoms with E-state index in [0.717, 1.165) is 18.4 Å². The maximum atomic E-state index is 12.5. The van der Waals surface area contributed by atoms with Gasteiger partial charge in [-0.25, -0.2) is 8.42 Å². The van der Waals surface area contributed by atoms with Crippen LogP contribution in [-0.2, 0) is 10.0 Å². The molecule has 1 heterocycles. The van der Waals surface area contributed by atoms with Gasteiger partial charge >= 0.3 is 0 Å². The molecule has 1 aromatic carbocycles. The molecule has 0 saturated carbocycles. The Morgan fingerprint density at radius 1 is 1.14 bits per heavy atom. The Bertz CT molecular complexity index is 704. The van der Waals surface area contributed by atoms with Gasteiger partial charge in [-0.15, -0.1) is 11.6 Å². The van der Waals surface area contributed by atoms with Crippen LogP contribution >= 0.6 is 23.2 Å². The van der Waals surface area contributed by atoms with Crippen LogP contribution in [0.5, 0.6) is 0 Å². The average molecular weight is 357 g/mol. The van der Waals surface area contributed by atoms with Crippen molar-refractivity contribution in [2.45, 2.75) is 29.0 Å². The summed E-state index contributed by atoms with van der Waals surface area (Å²) in [6.45, 7) is 1.21. The number of sulfonamides is 1. The number of nitrogens with zero attached hydrogens (tertiary/aromatic N) is 1. The monoisotopic (exact) mass is 356 g/mol.